The first-order chi connectivity index (χ1) is 10.4. The van der Waals surface area contributed by atoms with Crippen LogP contribution in [-0.2, 0) is 0 Å². The Morgan fingerprint density at radius 3 is 0.360 bits per heavy atom. The number of carbonyl (C=O) groups excluding carboxylic acids is 6. The van der Waals surface area contributed by atoms with Gasteiger partial charge in [0.1, 0.15) is 36.6 Å². The van der Waals surface area contributed by atoms with Gasteiger partial charge in [-0.2, -0.15) is 0 Å². The van der Waals surface area contributed by atoms with Crippen molar-refractivity contribution in [2.24, 2.45) is 34.4 Å². The first-order valence-corrected chi connectivity index (χ1v) is 4.18. The van der Waals surface area contributed by atoms with Crippen LogP contribution in [0.15, 0.2) is 0 Å². The summed E-state index contributed by atoms with van der Waals surface area (Å²) in [7, 11) is 0. The van der Waals surface area contributed by atoms with Crippen molar-refractivity contribution < 1.29 is 90.5 Å². The fourth-order valence-corrected chi connectivity index (χ4v) is 0. The van der Waals surface area contributed by atoms with E-state index in [4.69, 9.17) is 59.4 Å². The van der Waals surface area contributed by atoms with Crippen LogP contribution < -0.4 is 65.0 Å². The molecule has 0 fully saturated rings. The van der Waals surface area contributed by atoms with Crippen LogP contribution in [0.5, 0.6) is 0 Å². The van der Waals surface area contributed by atoms with E-state index in [1.807, 2.05) is 0 Å². The topological polar surface area (TPSA) is 397 Å². The van der Waals surface area contributed by atoms with Crippen LogP contribution in [0.25, 0.3) is 0 Å². The SMILES string of the molecule is NC(=O)[O-].NC(=O)[O-].NC(=O)[O-].NC(=O)[O-].NC(=O)[O-].NC(=O)[O-].[U+6]. The Morgan fingerprint density at radius 1 is 0.360 bits per heavy atom. The molecule has 0 aliphatic heterocycles. The van der Waals surface area contributed by atoms with E-state index < -0.39 is 36.6 Å². The second kappa shape index (κ2) is 37.2. The average molecular weight is 598 g/mol. The van der Waals surface area contributed by atoms with Crippen LogP contribution in [0.3, 0.4) is 0 Å². The molecule has 0 atom stereocenters. The number of hydrogen-bond acceptors (Lipinski definition) is 12. The molecule has 0 aromatic rings. The van der Waals surface area contributed by atoms with E-state index in [1.54, 1.807) is 0 Å². The van der Waals surface area contributed by atoms with Gasteiger partial charge in [0.15, 0.2) is 0 Å². The van der Waals surface area contributed by atoms with Gasteiger partial charge in [0.25, 0.3) is 0 Å². The van der Waals surface area contributed by atoms with Gasteiger partial charge < -0.3 is 93.8 Å². The van der Waals surface area contributed by atoms with Gasteiger partial charge in [-0.05, 0) is 0 Å². The van der Waals surface area contributed by atoms with Gasteiger partial charge in [-0.25, -0.2) is 0 Å². The molecule has 0 aliphatic carbocycles. The summed E-state index contributed by atoms with van der Waals surface area (Å²) in [5.41, 5.74) is 23.5. The first-order valence-electron chi connectivity index (χ1n) is 4.18. The van der Waals surface area contributed by atoms with E-state index in [1.165, 1.54) is 0 Å². The van der Waals surface area contributed by atoms with Crippen molar-refractivity contribution in [2.75, 3.05) is 0 Å². The number of carboxylic acid groups (broad SMARTS) is 6. The van der Waals surface area contributed by atoms with E-state index in [0.717, 1.165) is 0 Å². The molecule has 12 N–H and O–H groups in total. The molecule has 0 unspecified atom stereocenters. The van der Waals surface area contributed by atoms with Crippen LogP contribution in [-0.4, -0.2) is 36.6 Å². The molecule has 0 aromatic heterocycles. The second-order valence-electron chi connectivity index (χ2n) is 1.91. The molecule has 0 radical (unpaired) electrons. The maximum Gasteiger partial charge on any atom is 6.00 e. The van der Waals surface area contributed by atoms with E-state index >= 15 is 0 Å². The molecule has 6 amide bonds. The molecule has 18 nitrogen and oxygen atoms in total. The van der Waals surface area contributed by atoms with Gasteiger partial charge in [-0.3, -0.25) is 0 Å². The summed E-state index contributed by atoms with van der Waals surface area (Å²) in [5.74, 6) is 0. The number of amides is 6. The molecule has 0 spiro atoms. The van der Waals surface area contributed by atoms with E-state index in [-0.39, 0.29) is 31.1 Å². The largest absolute Gasteiger partial charge is 6.00 e. The first kappa shape index (κ1) is 43.0. The zero-order valence-electron chi connectivity index (χ0n) is 11.9. The molecule has 0 saturated heterocycles. The third-order valence-corrected chi connectivity index (χ3v) is 0. The van der Waals surface area contributed by atoms with E-state index in [9.17, 15) is 0 Å². The molecule has 0 aliphatic rings. The second-order valence-corrected chi connectivity index (χ2v) is 1.91. The van der Waals surface area contributed by atoms with Crippen molar-refractivity contribution in [1.82, 2.24) is 0 Å². The van der Waals surface area contributed by atoms with Crippen LogP contribution in [0.1, 0.15) is 0 Å². The molecule has 142 valence electrons. The van der Waals surface area contributed by atoms with Crippen molar-refractivity contribution in [3.63, 3.8) is 0 Å². The molecule has 0 saturated carbocycles. The smallest absolute Gasteiger partial charge is 0.530 e. The van der Waals surface area contributed by atoms with Gasteiger partial charge in [0.05, 0.1) is 0 Å². The fraction of sp³-hybridized carbons (Fsp3) is 0. The molecule has 25 heavy (non-hydrogen) atoms. The third-order valence-electron chi connectivity index (χ3n) is 0. The zero-order chi connectivity index (χ0) is 21.5. The Hall–Kier alpha value is -3.33. The minimum Gasteiger partial charge on any atom is -0.530 e. The number of primary amides is 6. The van der Waals surface area contributed by atoms with E-state index in [0.29, 0.717) is 0 Å². The van der Waals surface area contributed by atoms with Crippen LogP contribution in [0.2, 0.25) is 0 Å². The molecular formula is C6H12N6O12U. The summed E-state index contributed by atoms with van der Waals surface area (Å²) in [4.78, 5) is 52.0. The predicted octanol–water partition coefficient (Wildman–Crippen LogP) is -10.3. The standard InChI is InChI=1S/6CH3NO2.U/c6*2-1(3)4;/h6*2H2,(H,3,4);/q;;;;;;+6/p-6. The van der Waals surface area contributed by atoms with Crippen molar-refractivity contribution in [2.45, 2.75) is 0 Å². The van der Waals surface area contributed by atoms with Gasteiger partial charge in [0.2, 0.25) is 0 Å². The summed E-state index contributed by atoms with van der Waals surface area (Å²) >= 11 is 0. The van der Waals surface area contributed by atoms with Crippen molar-refractivity contribution in [3.8, 4) is 0 Å². The number of carbonyl (C=O) groups is 6. The van der Waals surface area contributed by atoms with E-state index in [2.05, 4.69) is 34.4 Å². The van der Waals surface area contributed by atoms with Gasteiger partial charge >= 0.3 is 31.1 Å². The predicted molar refractivity (Wildman–Crippen MR) is 57.5 cm³/mol. The van der Waals surface area contributed by atoms with Crippen molar-refractivity contribution in [1.29, 1.82) is 0 Å². The van der Waals surface area contributed by atoms with Gasteiger partial charge in [0, 0.05) is 0 Å². The Balaban J connectivity index is -0.0000000309. The minimum atomic E-state index is -1.58. The molecule has 0 aromatic carbocycles. The monoisotopic (exact) mass is 598 g/mol. The summed E-state index contributed by atoms with van der Waals surface area (Å²) < 4.78 is 0. The molecular weight excluding hydrogens is 586 g/mol. The minimum absolute atomic E-state index is 0. The quantitative estimate of drug-likeness (QED) is 0.151. The Bertz CT molecular complexity index is 273. The van der Waals surface area contributed by atoms with Crippen molar-refractivity contribution in [3.05, 3.63) is 0 Å². The third kappa shape index (κ3) is 651. The van der Waals surface area contributed by atoms with Crippen LogP contribution in [0.4, 0.5) is 28.8 Å². The van der Waals surface area contributed by atoms with Crippen LogP contribution >= 0.6 is 0 Å². The summed E-state index contributed by atoms with van der Waals surface area (Å²) in [6.45, 7) is 0. The Labute approximate surface area is 161 Å². The molecule has 0 heterocycles. The Kier molecular flexibility index (Phi) is 64.0. The summed E-state index contributed by atoms with van der Waals surface area (Å²) in [6, 6.07) is 0. The van der Waals surface area contributed by atoms with Gasteiger partial charge in [-0.15, -0.1) is 0 Å². The number of nitrogens with two attached hydrogens (primary N) is 6. The summed E-state index contributed by atoms with van der Waals surface area (Å²) in [5, 5.41) is 52.0. The summed E-state index contributed by atoms with van der Waals surface area (Å²) in [6.07, 6.45) is -9.50. The molecule has 0 bridgehead atoms. The Morgan fingerprint density at radius 2 is 0.360 bits per heavy atom. The number of hydrogen-bond donors (Lipinski definition) is 6. The maximum absolute atomic E-state index is 8.67. The maximum atomic E-state index is 8.67. The van der Waals surface area contributed by atoms with Crippen molar-refractivity contribution >= 4 is 36.6 Å². The van der Waals surface area contributed by atoms with Crippen LogP contribution in [0, 0.1) is 31.1 Å². The average Bonchev–Trinajstić information content (AvgIpc) is 2.08. The molecule has 0 rings (SSSR count). The normalized spacial score (nSPS) is 5.76. The number of rotatable bonds is 0. The van der Waals surface area contributed by atoms with Gasteiger partial charge in [-0.1, -0.05) is 0 Å². The molecule has 19 heteroatoms. The zero-order valence-corrected chi connectivity index (χ0v) is 16.0. The fourth-order valence-electron chi connectivity index (χ4n) is 0.